The summed E-state index contributed by atoms with van der Waals surface area (Å²) in [5, 5.41) is 8.62. The van der Waals surface area contributed by atoms with E-state index in [1.165, 1.54) is 24.3 Å². The van der Waals surface area contributed by atoms with Crippen LogP contribution in [0.4, 0.5) is 14.9 Å². The molecule has 7 heteroatoms. The number of anilines is 1. The predicted octanol–water partition coefficient (Wildman–Crippen LogP) is 3.75. The number of rotatable bonds is 3. The lowest BCUT2D eigenvalue weighted by Gasteiger charge is -2.28. The zero-order valence-electron chi connectivity index (χ0n) is 13.3. The van der Waals surface area contributed by atoms with Crippen molar-refractivity contribution in [2.45, 2.75) is 13.0 Å². The van der Waals surface area contributed by atoms with Crippen LogP contribution in [0.1, 0.15) is 18.5 Å². The Morgan fingerprint density at radius 1 is 1.12 bits per heavy atom. The highest BCUT2D eigenvalue weighted by molar-refractivity contribution is 6.30. The van der Waals surface area contributed by atoms with Crippen molar-refractivity contribution in [2.24, 2.45) is 0 Å². The average Bonchev–Trinajstić information content (AvgIpc) is 2.57. The molecule has 25 heavy (non-hydrogen) atoms. The first-order chi connectivity index (χ1) is 11.9. The lowest BCUT2D eigenvalue weighted by Crippen LogP contribution is -2.45. The Bertz CT molecular complexity index is 848. The van der Waals surface area contributed by atoms with Gasteiger partial charge in [0.2, 0.25) is 0 Å². The molecular weight excluding hydrogens is 345 g/mol. The topological polar surface area (TPSA) is 70.2 Å². The normalized spacial score (nSPS) is 16.9. The summed E-state index contributed by atoms with van der Waals surface area (Å²) in [6, 6.07) is 11.2. The molecule has 0 aliphatic carbocycles. The van der Waals surface area contributed by atoms with Crippen molar-refractivity contribution in [1.82, 2.24) is 10.6 Å². The third-order valence-corrected chi connectivity index (χ3v) is 4.07. The van der Waals surface area contributed by atoms with Gasteiger partial charge in [0.1, 0.15) is 5.82 Å². The summed E-state index contributed by atoms with van der Waals surface area (Å²) >= 11 is 5.84. The Balaban J connectivity index is 1.92. The van der Waals surface area contributed by atoms with Crippen LogP contribution in [0.5, 0.6) is 0 Å². The van der Waals surface area contributed by atoms with Gasteiger partial charge in [-0.15, -0.1) is 0 Å². The molecule has 0 bridgehead atoms. The molecule has 1 aliphatic rings. The predicted molar refractivity (Wildman–Crippen MR) is 93.6 cm³/mol. The second kappa shape index (κ2) is 6.94. The van der Waals surface area contributed by atoms with E-state index >= 15 is 0 Å². The average molecular weight is 360 g/mol. The minimum absolute atomic E-state index is 0.348. The van der Waals surface area contributed by atoms with E-state index in [0.717, 1.165) is 0 Å². The monoisotopic (exact) mass is 359 g/mol. The van der Waals surface area contributed by atoms with Gasteiger partial charge in [-0.05, 0) is 48.9 Å². The number of halogens is 2. The quantitative estimate of drug-likeness (QED) is 0.781. The van der Waals surface area contributed by atoms with Crippen LogP contribution in [0.15, 0.2) is 59.8 Å². The first kappa shape index (κ1) is 17.0. The second-order valence-electron chi connectivity index (χ2n) is 5.58. The van der Waals surface area contributed by atoms with E-state index in [2.05, 4.69) is 16.0 Å². The van der Waals surface area contributed by atoms with Crippen molar-refractivity contribution in [3.05, 3.63) is 76.2 Å². The third kappa shape index (κ3) is 3.80. The Labute approximate surface area is 148 Å². The number of amides is 3. The van der Waals surface area contributed by atoms with Crippen LogP contribution >= 0.6 is 11.6 Å². The first-order valence-corrected chi connectivity index (χ1v) is 7.92. The van der Waals surface area contributed by atoms with Crippen molar-refractivity contribution in [3.63, 3.8) is 0 Å². The molecule has 1 heterocycles. The fraction of sp³-hybridized carbons (Fsp3) is 0.111. The van der Waals surface area contributed by atoms with E-state index < -0.39 is 17.9 Å². The van der Waals surface area contributed by atoms with Gasteiger partial charge in [0.15, 0.2) is 0 Å². The number of benzene rings is 2. The van der Waals surface area contributed by atoms with Crippen molar-refractivity contribution in [3.8, 4) is 0 Å². The lowest BCUT2D eigenvalue weighted by molar-refractivity contribution is -0.113. The Morgan fingerprint density at radius 2 is 1.76 bits per heavy atom. The molecule has 0 saturated carbocycles. The van der Waals surface area contributed by atoms with Crippen molar-refractivity contribution >= 4 is 29.2 Å². The fourth-order valence-electron chi connectivity index (χ4n) is 2.63. The summed E-state index contributed by atoms with van der Waals surface area (Å²) in [5.41, 5.74) is 1.96. The van der Waals surface area contributed by atoms with Gasteiger partial charge in [-0.3, -0.25) is 4.79 Å². The Kier molecular flexibility index (Phi) is 4.72. The summed E-state index contributed by atoms with van der Waals surface area (Å²) in [6.45, 7) is 1.64. The molecule has 0 saturated heterocycles. The molecule has 0 unspecified atom stereocenters. The van der Waals surface area contributed by atoms with Crippen molar-refractivity contribution in [1.29, 1.82) is 0 Å². The third-order valence-electron chi connectivity index (χ3n) is 3.82. The van der Waals surface area contributed by atoms with Gasteiger partial charge in [-0.25, -0.2) is 9.18 Å². The van der Waals surface area contributed by atoms with Crippen LogP contribution in [0.2, 0.25) is 5.02 Å². The number of hydrogen-bond acceptors (Lipinski definition) is 2. The SMILES string of the molecule is CC1=C(C(=O)Nc2ccc(Cl)cc2)[C@H](c2ccc(F)cc2)NC(=O)N1. The van der Waals surface area contributed by atoms with Crippen molar-refractivity contribution in [2.75, 3.05) is 5.32 Å². The lowest BCUT2D eigenvalue weighted by atomic mass is 9.95. The molecule has 5 nitrogen and oxygen atoms in total. The minimum Gasteiger partial charge on any atom is -0.327 e. The molecule has 3 amide bonds. The first-order valence-electron chi connectivity index (χ1n) is 7.54. The zero-order valence-corrected chi connectivity index (χ0v) is 14.0. The van der Waals surface area contributed by atoms with Crippen LogP contribution < -0.4 is 16.0 Å². The standard InChI is InChI=1S/C18H15ClFN3O2/c1-10-15(17(24)22-14-8-4-12(19)5-9-14)16(23-18(25)21-10)11-2-6-13(20)7-3-11/h2-9,16H,1H3,(H,22,24)(H2,21,23,25)/t16-/m0/s1. The molecule has 2 aromatic rings. The highest BCUT2D eigenvalue weighted by Gasteiger charge is 2.31. The summed E-state index contributed by atoms with van der Waals surface area (Å²) in [7, 11) is 0. The number of carbonyl (C=O) groups is 2. The molecule has 1 aliphatic heterocycles. The van der Waals surface area contributed by atoms with Gasteiger partial charge < -0.3 is 16.0 Å². The molecular formula is C18H15ClFN3O2. The van der Waals surface area contributed by atoms with E-state index in [1.807, 2.05) is 0 Å². The summed E-state index contributed by atoms with van der Waals surface area (Å²) in [4.78, 5) is 24.6. The van der Waals surface area contributed by atoms with Gasteiger partial charge in [0.05, 0.1) is 11.6 Å². The van der Waals surface area contributed by atoms with Crippen LogP contribution in [-0.2, 0) is 4.79 Å². The fourth-order valence-corrected chi connectivity index (χ4v) is 2.76. The summed E-state index contributed by atoms with van der Waals surface area (Å²) in [5.74, 6) is -0.765. The van der Waals surface area contributed by atoms with E-state index in [4.69, 9.17) is 11.6 Å². The largest absolute Gasteiger partial charge is 0.327 e. The van der Waals surface area contributed by atoms with Gasteiger partial charge in [-0.2, -0.15) is 0 Å². The molecule has 1 atom stereocenters. The highest BCUT2D eigenvalue weighted by atomic mass is 35.5. The molecule has 0 aromatic heterocycles. The number of allylic oxidation sites excluding steroid dienone is 1. The van der Waals surface area contributed by atoms with Crippen LogP contribution in [-0.4, -0.2) is 11.9 Å². The highest BCUT2D eigenvalue weighted by Crippen LogP contribution is 2.28. The molecule has 0 radical (unpaired) electrons. The number of nitrogens with one attached hydrogen (secondary N) is 3. The number of hydrogen-bond donors (Lipinski definition) is 3. The number of carbonyl (C=O) groups excluding carboxylic acids is 2. The maximum Gasteiger partial charge on any atom is 0.319 e. The van der Waals surface area contributed by atoms with E-state index in [9.17, 15) is 14.0 Å². The Morgan fingerprint density at radius 3 is 2.40 bits per heavy atom. The van der Waals surface area contributed by atoms with Gasteiger partial charge in [0, 0.05) is 16.4 Å². The maximum absolute atomic E-state index is 13.2. The molecule has 0 spiro atoms. The molecule has 3 N–H and O–H groups in total. The zero-order chi connectivity index (χ0) is 18.0. The molecule has 2 aromatic carbocycles. The van der Waals surface area contributed by atoms with Gasteiger partial charge in [-0.1, -0.05) is 23.7 Å². The van der Waals surface area contributed by atoms with Gasteiger partial charge in [0.25, 0.3) is 5.91 Å². The smallest absolute Gasteiger partial charge is 0.319 e. The maximum atomic E-state index is 13.2. The second-order valence-corrected chi connectivity index (χ2v) is 6.02. The molecule has 0 fully saturated rings. The summed E-state index contributed by atoms with van der Waals surface area (Å²) < 4.78 is 13.2. The molecule has 3 rings (SSSR count). The molecule has 128 valence electrons. The van der Waals surface area contributed by atoms with E-state index in [-0.39, 0.29) is 5.91 Å². The van der Waals surface area contributed by atoms with Crippen LogP contribution in [0.25, 0.3) is 0 Å². The van der Waals surface area contributed by atoms with Crippen molar-refractivity contribution < 1.29 is 14.0 Å². The van der Waals surface area contributed by atoms with E-state index in [1.54, 1.807) is 31.2 Å². The minimum atomic E-state index is -0.679. The van der Waals surface area contributed by atoms with Crippen LogP contribution in [0.3, 0.4) is 0 Å². The number of urea groups is 1. The Hall–Kier alpha value is -2.86. The van der Waals surface area contributed by atoms with Crippen LogP contribution in [0, 0.1) is 5.82 Å². The summed E-state index contributed by atoms with van der Waals surface area (Å²) in [6.07, 6.45) is 0. The van der Waals surface area contributed by atoms with E-state index in [0.29, 0.717) is 27.5 Å². The van der Waals surface area contributed by atoms with Gasteiger partial charge >= 0.3 is 6.03 Å².